The van der Waals surface area contributed by atoms with Gasteiger partial charge in [-0.3, -0.25) is 4.79 Å². The van der Waals surface area contributed by atoms with Crippen LogP contribution in [0.4, 0.5) is 0 Å². The molecule has 66 valence electrons. The summed E-state index contributed by atoms with van der Waals surface area (Å²) in [5, 5.41) is 9.00. The fraction of sp³-hybridized carbons (Fsp3) is 0.700. The van der Waals surface area contributed by atoms with E-state index in [0.717, 1.165) is 19.3 Å². The van der Waals surface area contributed by atoms with Gasteiger partial charge < -0.3 is 5.11 Å². The van der Waals surface area contributed by atoms with Crippen LogP contribution in [0.1, 0.15) is 26.2 Å². The summed E-state index contributed by atoms with van der Waals surface area (Å²) in [6.07, 6.45) is 7.24. The van der Waals surface area contributed by atoms with Crippen LogP contribution in [0.2, 0.25) is 0 Å². The van der Waals surface area contributed by atoms with Crippen molar-refractivity contribution < 1.29 is 9.90 Å². The highest BCUT2D eigenvalue weighted by Crippen LogP contribution is 2.55. The van der Waals surface area contributed by atoms with E-state index in [1.807, 2.05) is 0 Å². The molecule has 1 fully saturated rings. The van der Waals surface area contributed by atoms with Crippen molar-refractivity contribution in [1.82, 2.24) is 0 Å². The van der Waals surface area contributed by atoms with Crippen LogP contribution in [0, 0.1) is 17.3 Å². The molecule has 0 aromatic carbocycles. The summed E-state index contributed by atoms with van der Waals surface area (Å²) in [6, 6.07) is 0. The van der Waals surface area contributed by atoms with Crippen LogP contribution >= 0.6 is 0 Å². The molecule has 2 rings (SSSR count). The molecule has 3 atom stereocenters. The van der Waals surface area contributed by atoms with Crippen LogP contribution in [0.15, 0.2) is 12.2 Å². The minimum absolute atomic E-state index is 0.0104. The van der Waals surface area contributed by atoms with E-state index in [4.69, 9.17) is 5.11 Å². The minimum Gasteiger partial charge on any atom is -0.481 e. The molecule has 0 aromatic heterocycles. The van der Waals surface area contributed by atoms with Crippen molar-refractivity contribution in [2.75, 3.05) is 0 Å². The molecule has 0 aromatic rings. The van der Waals surface area contributed by atoms with Crippen LogP contribution in [0.25, 0.3) is 0 Å². The first-order valence-corrected chi connectivity index (χ1v) is 4.60. The first-order valence-electron chi connectivity index (χ1n) is 4.60. The number of allylic oxidation sites excluding steroid dienone is 2. The molecular weight excluding hydrogens is 152 g/mol. The molecule has 2 aliphatic carbocycles. The lowest BCUT2D eigenvalue weighted by molar-refractivity contribution is -0.144. The fourth-order valence-electron chi connectivity index (χ4n) is 2.77. The molecule has 2 bridgehead atoms. The van der Waals surface area contributed by atoms with Gasteiger partial charge in [0.15, 0.2) is 0 Å². The first-order chi connectivity index (χ1) is 5.68. The third-order valence-electron chi connectivity index (χ3n) is 3.53. The van der Waals surface area contributed by atoms with E-state index >= 15 is 0 Å². The average molecular weight is 166 g/mol. The normalized spacial score (nSPS) is 43.8. The van der Waals surface area contributed by atoms with Crippen molar-refractivity contribution in [3.63, 3.8) is 0 Å². The summed E-state index contributed by atoms with van der Waals surface area (Å²) < 4.78 is 0. The largest absolute Gasteiger partial charge is 0.481 e. The van der Waals surface area contributed by atoms with Gasteiger partial charge in [0.25, 0.3) is 0 Å². The van der Waals surface area contributed by atoms with Crippen LogP contribution < -0.4 is 0 Å². The van der Waals surface area contributed by atoms with Gasteiger partial charge in [0.05, 0.1) is 5.92 Å². The standard InChI is InChI=1S/C10H14O2/c1-2-10-4-3-7(6-10)5-8(10)9(11)12/h3-4,7-8H,2,5-6H2,1H3,(H,11,12). The van der Waals surface area contributed by atoms with Gasteiger partial charge in [0.1, 0.15) is 0 Å². The Morgan fingerprint density at radius 3 is 2.92 bits per heavy atom. The number of carbonyl (C=O) groups is 1. The van der Waals surface area contributed by atoms with Gasteiger partial charge in [-0.05, 0) is 25.2 Å². The molecule has 2 heteroatoms. The number of carboxylic acid groups (broad SMARTS) is 1. The van der Waals surface area contributed by atoms with Crippen molar-refractivity contribution in [2.24, 2.45) is 17.3 Å². The predicted octanol–water partition coefficient (Wildman–Crippen LogP) is 2.06. The monoisotopic (exact) mass is 166 g/mol. The molecule has 1 saturated carbocycles. The van der Waals surface area contributed by atoms with Crippen molar-refractivity contribution in [3.8, 4) is 0 Å². The van der Waals surface area contributed by atoms with E-state index in [-0.39, 0.29) is 11.3 Å². The third-order valence-corrected chi connectivity index (χ3v) is 3.53. The Hall–Kier alpha value is -0.790. The van der Waals surface area contributed by atoms with Gasteiger partial charge in [-0.2, -0.15) is 0 Å². The lowest BCUT2D eigenvalue weighted by Crippen LogP contribution is -2.28. The van der Waals surface area contributed by atoms with Gasteiger partial charge >= 0.3 is 5.97 Å². The van der Waals surface area contributed by atoms with E-state index < -0.39 is 5.97 Å². The smallest absolute Gasteiger partial charge is 0.307 e. The number of carboxylic acids is 1. The van der Waals surface area contributed by atoms with E-state index in [1.165, 1.54) is 0 Å². The Labute approximate surface area is 72.3 Å². The summed E-state index contributed by atoms with van der Waals surface area (Å²) >= 11 is 0. The molecule has 3 unspecified atom stereocenters. The Bertz CT molecular complexity index is 244. The Morgan fingerprint density at radius 2 is 2.50 bits per heavy atom. The fourth-order valence-corrected chi connectivity index (χ4v) is 2.77. The summed E-state index contributed by atoms with van der Waals surface area (Å²) in [4.78, 5) is 10.9. The first kappa shape index (κ1) is 7.84. The highest BCUT2D eigenvalue weighted by molar-refractivity contribution is 5.72. The molecule has 0 saturated heterocycles. The Kier molecular flexibility index (Phi) is 1.53. The molecule has 2 nitrogen and oxygen atoms in total. The average Bonchev–Trinajstić information content (AvgIpc) is 2.60. The van der Waals surface area contributed by atoms with E-state index in [1.54, 1.807) is 0 Å². The molecule has 0 spiro atoms. The summed E-state index contributed by atoms with van der Waals surface area (Å²) in [7, 11) is 0. The molecule has 0 heterocycles. The second kappa shape index (κ2) is 2.35. The Morgan fingerprint density at radius 1 is 1.75 bits per heavy atom. The zero-order valence-corrected chi connectivity index (χ0v) is 7.29. The van der Waals surface area contributed by atoms with Gasteiger partial charge in [-0.15, -0.1) is 0 Å². The van der Waals surface area contributed by atoms with Crippen LogP contribution in [0.3, 0.4) is 0 Å². The number of hydrogen-bond donors (Lipinski definition) is 1. The second-order valence-electron chi connectivity index (χ2n) is 4.04. The van der Waals surface area contributed by atoms with Gasteiger partial charge in [-0.1, -0.05) is 19.1 Å². The van der Waals surface area contributed by atoms with E-state index in [2.05, 4.69) is 19.1 Å². The van der Waals surface area contributed by atoms with Crippen LogP contribution in [-0.2, 0) is 4.79 Å². The van der Waals surface area contributed by atoms with Crippen LogP contribution in [0.5, 0.6) is 0 Å². The van der Waals surface area contributed by atoms with Crippen molar-refractivity contribution >= 4 is 5.97 Å². The topological polar surface area (TPSA) is 37.3 Å². The SMILES string of the molecule is CCC12C=CC(CC1C(=O)O)C2. The zero-order valence-electron chi connectivity index (χ0n) is 7.29. The van der Waals surface area contributed by atoms with E-state index in [9.17, 15) is 4.79 Å². The molecule has 12 heavy (non-hydrogen) atoms. The van der Waals surface area contributed by atoms with Gasteiger partial charge in [0, 0.05) is 5.41 Å². The second-order valence-corrected chi connectivity index (χ2v) is 4.04. The lowest BCUT2D eigenvalue weighted by Gasteiger charge is -2.27. The molecular formula is C10H14O2. The summed E-state index contributed by atoms with van der Waals surface area (Å²) in [6.45, 7) is 2.09. The predicted molar refractivity (Wildman–Crippen MR) is 45.7 cm³/mol. The van der Waals surface area contributed by atoms with Crippen molar-refractivity contribution in [2.45, 2.75) is 26.2 Å². The van der Waals surface area contributed by atoms with Gasteiger partial charge in [-0.25, -0.2) is 0 Å². The number of aliphatic carboxylic acids is 1. The van der Waals surface area contributed by atoms with Gasteiger partial charge in [0.2, 0.25) is 0 Å². The maximum Gasteiger partial charge on any atom is 0.307 e. The Balaban J connectivity index is 2.29. The molecule has 0 radical (unpaired) electrons. The molecule has 1 N–H and O–H groups in total. The zero-order chi connectivity index (χ0) is 8.77. The highest BCUT2D eigenvalue weighted by atomic mass is 16.4. The lowest BCUT2D eigenvalue weighted by atomic mass is 9.76. The number of rotatable bonds is 2. The summed E-state index contributed by atoms with van der Waals surface area (Å²) in [5.41, 5.74) is 0.0104. The third kappa shape index (κ3) is 0.838. The number of fused-ring (bicyclic) bond motifs is 2. The van der Waals surface area contributed by atoms with Crippen molar-refractivity contribution in [3.05, 3.63) is 12.2 Å². The maximum absolute atomic E-state index is 10.9. The highest BCUT2D eigenvalue weighted by Gasteiger charge is 2.50. The maximum atomic E-state index is 10.9. The number of hydrogen-bond acceptors (Lipinski definition) is 1. The van der Waals surface area contributed by atoms with Crippen molar-refractivity contribution in [1.29, 1.82) is 0 Å². The van der Waals surface area contributed by atoms with E-state index in [0.29, 0.717) is 5.92 Å². The molecule has 0 amide bonds. The molecule has 2 aliphatic rings. The molecule has 0 aliphatic heterocycles. The van der Waals surface area contributed by atoms with Crippen LogP contribution in [-0.4, -0.2) is 11.1 Å². The quantitative estimate of drug-likeness (QED) is 0.637. The minimum atomic E-state index is -0.608. The summed E-state index contributed by atoms with van der Waals surface area (Å²) in [5.74, 6) is -0.174.